The lowest BCUT2D eigenvalue weighted by Gasteiger charge is -2.24. The number of nitriles is 1. The van der Waals surface area contributed by atoms with Crippen molar-refractivity contribution in [3.8, 4) is 6.07 Å². The van der Waals surface area contributed by atoms with E-state index in [0.29, 0.717) is 11.4 Å². The fourth-order valence-electron chi connectivity index (χ4n) is 2.40. The Bertz CT molecular complexity index is 478. The van der Waals surface area contributed by atoms with Gasteiger partial charge in [-0.05, 0) is 31.6 Å². The lowest BCUT2D eigenvalue weighted by molar-refractivity contribution is -0.121. The number of nitrogens with one attached hydrogen (secondary N) is 1. The van der Waals surface area contributed by atoms with E-state index in [2.05, 4.69) is 17.3 Å². The summed E-state index contributed by atoms with van der Waals surface area (Å²) in [4.78, 5) is 12.1. The van der Waals surface area contributed by atoms with E-state index in [1.54, 1.807) is 13.2 Å². The van der Waals surface area contributed by atoms with Gasteiger partial charge in [0.2, 0.25) is 5.91 Å². The molecule has 0 unspecified atom stereocenters. The average Bonchev–Trinajstić information content (AvgIpc) is 2.70. The molecule has 0 radical (unpaired) electrons. The van der Waals surface area contributed by atoms with Gasteiger partial charge in [-0.1, -0.05) is 6.92 Å². The first-order valence-corrected chi connectivity index (χ1v) is 6.34. The summed E-state index contributed by atoms with van der Waals surface area (Å²) in [7, 11) is 1.73. The average molecular weight is 246 g/mol. The molecule has 1 aliphatic rings. The summed E-state index contributed by atoms with van der Waals surface area (Å²) in [5, 5.41) is 15.8. The molecule has 0 saturated heterocycles. The van der Waals surface area contributed by atoms with Gasteiger partial charge < -0.3 is 5.32 Å². The molecule has 0 aromatic carbocycles. The Kier molecular flexibility index (Phi) is 3.66. The Balaban J connectivity index is 2.01. The molecule has 0 atom stereocenters. The molecule has 18 heavy (non-hydrogen) atoms. The zero-order chi connectivity index (χ0) is 13.1. The van der Waals surface area contributed by atoms with Crippen LogP contribution in [0.1, 0.15) is 38.2 Å². The molecule has 1 fully saturated rings. The minimum absolute atomic E-state index is 0.00269. The number of carbonyl (C=O) groups is 1. The second kappa shape index (κ2) is 5.21. The van der Waals surface area contributed by atoms with E-state index in [1.807, 2.05) is 6.07 Å². The van der Waals surface area contributed by atoms with E-state index < -0.39 is 0 Å². The molecule has 1 aromatic rings. The van der Waals surface area contributed by atoms with Gasteiger partial charge in [-0.25, -0.2) is 0 Å². The van der Waals surface area contributed by atoms with Crippen molar-refractivity contribution in [2.24, 2.45) is 18.9 Å². The number of amides is 1. The Morgan fingerprint density at radius 3 is 2.78 bits per heavy atom. The number of hydrogen-bond acceptors (Lipinski definition) is 3. The Morgan fingerprint density at radius 1 is 1.50 bits per heavy atom. The number of rotatable bonds is 2. The van der Waals surface area contributed by atoms with Gasteiger partial charge in [-0.2, -0.15) is 10.4 Å². The summed E-state index contributed by atoms with van der Waals surface area (Å²) in [5.74, 6) is 1.16. The summed E-state index contributed by atoms with van der Waals surface area (Å²) in [6, 6.07) is 2.03. The van der Waals surface area contributed by atoms with Gasteiger partial charge >= 0.3 is 0 Å². The van der Waals surface area contributed by atoms with Crippen molar-refractivity contribution < 1.29 is 4.79 Å². The van der Waals surface area contributed by atoms with E-state index >= 15 is 0 Å². The van der Waals surface area contributed by atoms with E-state index in [0.717, 1.165) is 31.6 Å². The Hall–Kier alpha value is -1.83. The van der Waals surface area contributed by atoms with E-state index in [4.69, 9.17) is 5.26 Å². The highest BCUT2D eigenvalue weighted by atomic mass is 16.2. The normalized spacial score (nSPS) is 23.4. The van der Waals surface area contributed by atoms with Crippen molar-refractivity contribution in [1.29, 1.82) is 5.26 Å². The highest BCUT2D eigenvalue weighted by Gasteiger charge is 2.25. The number of hydrogen-bond donors (Lipinski definition) is 1. The summed E-state index contributed by atoms with van der Waals surface area (Å²) in [6.45, 7) is 2.22. The molecule has 5 heteroatoms. The third-order valence-corrected chi connectivity index (χ3v) is 3.58. The van der Waals surface area contributed by atoms with Gasteiger partial charge in [0, 0.05) is 19.2 Å². The lowest BCUT2D eigenvalue weighted by Crippen LogP contribution is -2.27. The lowest BCUT2D eigenvalue weighted by atomic mass is 9.82. The zero-order valence-electron chi connectivity index (χ0n) is 10.8. The summed E-state index contributed by atoms with van der Waals surface area (Å²) in [5.41, 5.74) is 0.412. The number of anilines is 1. The molecule has 5 nitrogen and oxygen atoms in total. The Morgan fingerprint density at radius 2 is 2.17 bits per heavy atom. The zero-order valence-corrected chi connectivity index (χ0v) is 10.8. The monoisotopic (exact) mass is 246 g/mol. The maximum Gasteiger partial charge on any atom is 0.228 e. The standard InChI is InChI=1S/C13H18N4O/c1-9-3-5-10(6-4-9)13(18)15-12-11(7-14)8-17(2)16-12/h8-10H,3-6H2,1-2H3,(H,15,16,18). The summed E-state index contributed by atoms with van der Waals surface area (Å²) in [6.07, 6.45) is 5.68. The van der Waals surface area contributed by atoms with Crippen LogP contribution in [0.15, 0.2) is 6.20 Å². The molecule has 2 rings (SSSR count). The van der Waals surface area contributed by atoms with Crippen LogP contribution in [0.5, 0.6) is 0 Å². The summed E-state index contributed by atoms with van der Waals surface area (Å²) < 4.78 is 1.54. The molecule has 0 aliphatic heterocycles. The largest absolute Gasteiger partial charge is 0.308 e. The molecule has 1 aromatic heterocycles. The van der Waals surface area contributed by atoms with Crippen molar-refractivity contribution in [3.63, 3.8) is 0 Å². The van der Waals surface area contributed by atoms with Crippen molar-refractivity contribution in [1.82, 2.24) is 9.78 Å². The van der Waals surface area contributed by atoms with Gasteiger partial charge in [0.1, 0.15) is 11.6 Å². The minimum Gasteiger partial charge on any atom is -0.308 e. The van der Waals surface area contributed by atoms with Crippen LogP contribution in [0.2, 0.25) is 0 Å². The smallest absolute Gasteiger partial charge is 0.228 e. The SMILES string of the molecule is CC1CCC(C(=O)Nc2nn(C)cc2C#N)CC1. The van der Waals surface area contributed by atoms with Crippen molar-refractivity contribution in [3.05, 3.63) is 11.8 Å². The van der Waals surface area contributed by atoms with Gasteiger partial charge in [-0.15, -0.1) is 0 Å². The van der Waals surface area contributed by atoms with Gasteiger partial charge in [0.15, 0.2) is 5.82 Å². The van der Waals surface area contributed by atoms with Crippen LogP contribution in [-0.2, 0) is 11.8 Å². The van der Waals surface area contributed by atoms with Crippen LogP contribution in [-0.4, -0.2) is 15.7 Å². The second-order valence-corrected chi connectivity index (χ2v) is 5.12. The molecule has 1 amide bonds. The maximum atomic E-state index is 12.1. The molecule has 1 saturated carbocycles. The third kappa shape index (κ3) is 2.70. The van der Waals surface area contributed by atoms with Gasteiger partial charge in [0.05, 0.1) is 0 Å². The highest BCUT2D eigenvalue weighted by molar-refractivity contribution is 5.92. The quantitative estimate of drug-likeness (QED) is 0.868. The predicted molar refractivity (Wildman–Crippen MR) is 67.7 cm³/mol. The molecule has 0 bridgehead atoms. The van der Waals surface area contributed by atoms with E-state index in [-0.39, 0.29) is 11.8 Å². The molecule has 1 aliphatic carbocycles. The predicted octanol–water partition coefficient (Wildman–Crippen LogP) is 2.06. The summed E-state index contributed by atoms with van der Waals surface area (Å²) >= 11 is 0. The first-order valence-electron chi connectivity index (χ1n) is 6.34. The topological polar surface area (TPSA) is 70.7 Å². The fourth-order valence-corrected chi connectivity index (χ4v) is 2.40. The minimum atomic E-state index is -0.00269. The first-order chi connectivity index (χ1) is 8.60. The number of aryl methyl sites for hydroxylation is 1. The van der Waals surface area contributed by atoms with Crippen LogP contribution in [0, 0.1) is 23.2 Å². The van der Waals surface area contributed by atoms with E-state index in [1.165, 1.54) is 4.68 Å². The highest BCUT2D eigenvalue weighted by Crippen LogP contribution is 2.29. The van der Waals surface area contributed by atoms with Crippen LogP contribution in [0.3, 0.4) is 0 Å². The molecule has 96 valence electrons. The van der Waals surface area contributed by atoms with Crippen LogP contribution < -0.4 is 5.32 Å². The maximum absolute atomic E-state index is 12.1. The molecule has 1 heterocycles. The number of aromatic nitrogens is 2. The number of nitrogens with zero attached hydrogens (tertiary/aromatic N) is 3. The molecule has 1 N–H and O–H groups in total. The molecule has 0 spiro atoms. The van der Waals surface area contributed by atoms with Gasteiger partial charge in [-0.3, -0.25) is 9.48 Å². The van der Waals surface area contributed by atoms with Gasteiger partial charge in [0.25, 0.3) is 0 Å². The van der Waals surface area contributed by atoms with Crippen LogP contribution >= 0.6 is 0 Å². The van der Waals surface area contributed by atoms with Crippen molar-refractivity contribution >= 4 is 11.7 Å². The fraction of sp³-hybridized carbons (Fsp3) is 0.615. The van der Waals surface area contributed by atoms with Crippen LogP contribution in [0.4, 0.5) is 5.82 Å². The van der Waals surface area contributed by atoms with Crippen molar-refractivity contribution in [2.75, 3.05) is 5.32 Å². The molecular weight excluding hydrogens is 228 g/mol. The Labute approximate surface area is 107 Å². The second-order valence-electron chi connectivity index (χ2n) is 5.12. The first kappa shape index (κ1) is 12.6. The van der Waals surface area contributed by atoms with E-state index in [9.17, 15) is 4.79 Å². The van der Waals surface area contributed by atoms with Crippen LogP contribution in [0.25, 0.3) is 0 Å². The molecular formula is C13H18N4O. The number of carbonyl (C=O) groups excluding carboxylic acids is 1. The third-order valence-electron chi connectivity index (χ3n) is 3.58. The van der Waals surface area contributed by atoms with Crippen molar-refractivity contribution in [2.45, 2.75) is 32.6 Å².